The van der Waals surface area contributed by atoms with Crippen LogP contribution in [0.1, 0.15) is 47.2 Å². The zero-order valence-corrected chi connectivity index (χ0v) is 17.3. The number of aromatic nitrogens is 5. The number of rotatable bonds is 4. The number of nitrogens with zero attached hydrogens (tertiary/aromatic N) is 5. The minimum Gasteiger partial charge on any atom is -0.265 e. The average Bonchev–Trinajstić information content (AvgIpc) is 3.55. The Hall–Kier alpha value is -3.95. The zero-order valence-electron chi connectivity index (χ0n) is 17.3. The van der Waals surface area contributed by atoms with Crippen molar-refractivity contribution in [3.05, 3.63) is 78.4 Å². The lowest BCUT2D eigenvalue weighted by Gasteiger charge is -2.09. The number of H-pyrrole nitrogens is 1. The SMILES string of the molecule is O=C(N=C1C=CCC(c2[nH]nc[n+]2C2CC2)=C1)c1cc(-c2cncc(C(F)(F)F)c2)ccn1. The fraction of sp³-hybridized carbons (Fsp3) is 0.217. The fourth-order valence-corrected chi connectivity index (χ4v) is 3.62. The van der Waals surface area contributed by atoms with Gasteiger partial charge in [-0.25, -0.2) is 9.56 Å². The van der Waals surface area contributed by atoms with E-state index in [0.717, 1.165) is 36.5 Å². The molecule has 0 aromatic carbocycles. The Bertz CT molecular complexity index is 1320. The van der Waals surface area contributed by atoms with Crippen LogP contribution in [0.4, 0.5) is 13.2 Å². The number of hydrogen-bond acceptors (Lipinski definition) is 4. The van der Waals surface area contributed by atoms with Gasteiger partial charge in [0.15, 0.2) is 0 Å². The van der Waals surface area contributed by atoms with Crippen LogP contribution < -0.4 is 4.57 Å². The third kappa shape index (κ3) is 4.50. The molecular formula is C23H18F3N6O+. The average molecular weight is 451 g/mol. The molecule has 5 rings (SSSR count). The molecule has 10 heteroatoms. The maximum absolute atomic E-state index is 13.0. The lowest BCUT2D eigenvalue weighted by Crippen LogP contribution is -2.34. The van der Waals surface area contributed by atoms with Gasteiger partial charge in [-0.3, -0.25) is 14.8 Å². The Morgan fingerprint density at radius 3 is 2.82 bits per heavy atom. The standard InChI is InChI=1S/C23H17F3N6O/c24-23(25,26)17-8-16(11-27-12-17)14-6-7-28-20(10-14)22(33)30-18-3-1-2-15(9-18)21-31-29-13-32(21)19-4-5-19/h1,3,6-13,19H,2,4-5H2/p+1. The molecular weight excluding hydrogens is 433 g/mol. The van der Waals surface area contributed by atoms with Gasteiger partial charge in [-0.15, -0.1) is 5.10 Å². The number of halogens is 3. The van der Waals surface area contributed by atoms with Crippen LogP contribution >= 0.6 is 0 Å². The third-order valence-electron chi connectivity index (χ3n) is 5.41. The Kier molecular flexibility index (Phi) is 5.20. The normalized spacial score (nSPS) is 17.3. The monoisotopic (exact) mass is 451 g/mol. The number of alkyl halides is 3. The van der Waals surface area contributed by atoms with E-state index in [1.807, 2.05) is 12.2 Å². The minimum absolute atomic E-state index is 0.0286. The van der Waals surface area contributed by atoms with E-state index in [0.29, 0.717) is 23.7 Å². The number of aromatic amines is 1. The first-order valence-corrected chi connectivity index (χ1v) is 10.3. The first-order valence-electron chi connectivity index (χ1n) is 10.3. The summed E-state index contributed by atoms with van der Waals surface area (Å²) in [5, 5.41) is 7.15. The maximum Gasteiger partial charge on any atom is 0.417 e. The molecule has 3 aromatic rings. The van der Waals surface area contributed by atoms with Crippen LogP contribution in [0.25, 0.3) is 16.7 Å². The second-order valence-electron chi connectivity index (χ2n) is 7.85. The minimum atomic E-state index is -4.51. The zero-order chi connectivity index (χ0) is 23.0. The maximum atomic E-state index is 13.0. The number of pyridine rings is 2. The lowest BCUT2D eigenvalue weighted by atomic mass is 10.0. The van der Waals surface area contributed by atoms with Crippen molar-refractivity contribution in [2.45, 2.75) is 31.5 Å². The summed E-state index contributed by atoms with van der Waals surface area (Å²) in [6, 6.07) is 4.37. The molecule has 2 aliphatic carbocycles. The van der Waals surface area contributed by atoms with Crippen LogP contribution in [0, 0.1) is 0 Å². The molecule has 7 nitrogen and oxygen atoms in total. The van der Waals surface area contributed by atoms with E-state index in [1.54, 1.807) is 12.4 Å². The highest BCUT2D eigenvalue weighted by Gasteiger charge is 2.32. The quantitative estimate of drug-likeness (QED) is 0.604. The van der Waals surface area contributed by atoms with Gasteiger partial charge >= 0.3 is 6.18 Å². The van der Waals surface area contributed by atoms with Gasteiger partial charge in [0, 0.05) is 34.8 Å². The molecule has 0 saturated heterocycles. The Labute approximate surface area is 186 Å². The highest BCUT2D eigenvalue weighted by molar-refractivity contribution is 6.15. The van der Waals surface area contributed by atoms with Crippen molar-refractivity contribution < 1.29 is 22.5 Å². The van der Waals surface area contributed by atoms with Crippen LogP contribution in [0.5, 0.6) is 0 Å². The molecule has 3 aromatic heterocycles. The van der Waals surface area contributed by atoms with Crippen LogP contribution in [0.3, 0.4) is 0 Å². The molecule has 1 saturated carbocycles. The fourth-order valence-electron chi connectivity index (χ4n) is 3.62. The number of amides is 1. The molecule has 1 fully saturated rings. The molecule has 0 spiro atoms. The molecule has 0 aliphatic heterocycles. The van der Waals surface area contributed by atoms with Crippen molar-refractivity contribution in [1.82, 2.24) is 20.2 Å². The Balaban J connectivity index is 1.41. The second-order valence-corrected chi connectivity index (χ2v) is 7.85. The molecule has 1 N–H and O–H groups in total. The first kappa shape index (κ1) is 20.9. The molecule has 0 bridgehead atoms. The molecule has 0 unspecified atom stereocenters. The summed E-state index contributed by atoms with van der Waals surface area (Å²) in [6.45, 7) is 0. The molecule has 2 aliphatic rings. The van der Waals surface area contributed by atoms with Crippen LogP contribution in [0.2, 0.25) is 0 Å². The topological polar surface area (TPSA) is 87.8 Å². The van der Waals surface area contributed by atoms with Gasteiger partial charge in [0.05, 0.1) is 17.3 Å². The summed E-state index contributed by atoms with van der Waals surface area (Å²) in [5.41, 5.74) is 1.22. The molecule has 0 radical (unpaired) electrons. The van der Waals surface area contributed by atoms with Gasteiger partial charge in [-0.05, 0) is 55.2 Å². The predicted molar refractivity (Wildman–Crippen MR) is 113 cm³/mol. The highest BCUT2D eigenvalue weighted by atomic mass is 19.4. The lowest BCUT2D eigenvalue weighted by molar-refractivity contribution is -0.702. The van der Waals surface area contributed by atoms with E-state index in [-0.39, 0.29) is 11.3 Å². The second kappa shape index (κ2) is 8.19. The summed E-state index contributed by atoms with van der Waals surface area (Å²) < 4.78 is 41.1. The van der Waals surface area contributed by atoms with E-state index in [9.17, 15) is 18.0 Å². The van der Waals surface area contributed by atoms with E-state index in [4.69, 9.17) is 0 Å². The first-order chi connectivity index (χ1) is 15.9. The highest BCUT2D eigenvalue weighted by Crippen LogP contribution is 2.32. The molecule has 0 atom stereocenters. The van der Waals surface area contributed by atoms with Gasteiger partial charge in [-0.1, -0.05) is 6.08 Å². The summed E-state index contributed by atoms with van der Waals surface area (Å²) in [5.74, 6) is 0.299. The van der Waals surface area contributed by atoms with Crippen molar-refractivity contribution in [1.29, 1.82) is 0 Å². The number of allylic oxidation sites excluding steroid dienone is 4. The number of carbonyl (C=O) groups is 1. The van der Waals surface area contributed by atoms with E-state index in [2.05, 4.69) is 29.7 Å². The van der Waals surface area contributed by atoms with E-state index >= 15 is 0 Å². The van der Waals surface area contributed by atoms with Crippen LogP contribution in [-0.4, -0.2) is 31.8 Å². The molecule has 166 valence electrons. The summed E-state index contributed by atoms with van der Waals surface area (Å²) in [4.78, 5) is 24.7. The number of nitrogens with one attached hydrogen (secondary N) is 1. The van der Waals surface area contributed by atoms with Gasteiger partial charge in [-0.2, -0.15) is 13.2 Å². The predicted octanol–water partition coefficient (Wildman–Crippen LogP) is 4.13. The van der Waals surface area contributed by atoms with Crippen molar-refractivity contribution in [2.75, 3.05) is 0 Å². The summed E-state index contributed by atoms with van der Waals surface area (Å²) in [6.07, 6.45) is 9.09. The van der Waals surface area contributed by atoms with Crippen molar-refractivity contribution in [3.8, 4) is 11.1 Å². The summed E-state index contributed by atoms with van der Waals surface area (Å²) in [7, 11) is 0. The van der Waals surface area contributed by atoms with Crippen LogP contribution in [0.15, 0.2) is 66.3 Å². The number of hydrogen-bond donors (Lipinski definition) is 1. The van der Waals surface area contributed by atoms with Crippen molar-refractivity contribution >= 4 is 17.2 Å². The number of aliphatic imine (C=N–C) groups is 1. The summed E-state index contributed by atoms with van der Waals surface area (Å²) >= 11 is 0. The smallest absolute Gasteiger partial charge is 0.265 e. The van der Waals surface area contributed by atoms with Gasteiger partial charge < -0.3 is 0 Å². The molecule has 1 amide bonds. The Morgan fingerprint density at radius 1 is 1.18 bits per heavy atom. The van der Waals surface area contributed by atoms with Crippen molar-refractivity contribution in [3.63, 3.8) is 0 Å². The number of carbonyl (C=O) groups excluding carboxylic acids is 1. The van der Waals surface area contributed by atoms with Crippen molar-refractivity contribution in [2.24, 2.45) is 4.99 Å². The van der Waals surface area contributed by atoms with E-state index < -0.39 is 17.6 Å². The largest absolute Gasteiger partial charge is 0.417 e. The van der Waals surface area contributed by atoms with Crippen LogP contribution in [-0.2, 0) is 6.18 Å². The third-order valence-corrected chi connectivity index (χ3v) is 5.41. The van der Waals surface area contributed by atoms with Gasteiger partial charge in [0.25, 0.3) is 18.1 Å². The molecule has 3 heterocycles. The van der Waals surface area contributed by atoms with Gasteiger partial charge in [0.2, 0.25) is 0 Å². The Morgan fingerprint density at radius 2 is 2.03 bits per heavy atom. The van der Waals surface area contributed by atoms with Gasteiger partial charge in [0.1, 0.15) is 5.69 Å². The molecule has 33 heavy (non-hydrogen) atoms. The van der Waals surface area contributed by atoms with E-state index in [1.165, 1.54) is 24.5 Å².